The first-order valence-electron chi connectivity index (χ1n) is 14.4. The third-order valence-corrected chi connectivity index (χ3v) is 9.32. The minimum absolute atomic E-state index is 0.135. The van der Waals surface area contributed by atoms with Gasteiger partial charge in [-0.3, -0.25) is 9.59 Å². The van der Waals surface area contributed by atoms with Crippen LogP contribution in [0.3, 0.4) is 0 Å². The number of carbonyl (C=O) groups is 2. The molecule has 4 rings (SSSR count). The number of amides is 2. The third kappa shape index (κ3) is 9.51. The van der Waals surface area contributed by atoms with Gasteiger partial charge in [-0.2, -0.15) is 4.31 Å². The van der Waals surface area contributed by atoms with Crippen molar-refractivity contribution in [3.63, 3.8) is 0 Å². The van der Waals surface area contributed by atoms with Gasteiger partial charge in [0.05, 0.1) is 18.1 Å². The highest BCUT2D eigenvalue weighted by Gasteiger charge is 2.31. The Hall–Kier alpha value is -3.48. The van der Waals surface area contributed by atoms with E-state index in [1.807, 2.05) is 42.5 Å². The van der Waals surface area contributed by atoms with Gasteiger partial charge in [-0.15, -0.1) is 0 Å². The molecule has 0 radical (unpaired) electrons. The molecule has 1 aliphatic rings. The third-order valence-electron chi connectivity index (χ3n) is 7.16. The minimum Gasteiger partial charge on any atom is -0.484 e. The Morgan fingerprint density at radius 3 is 2.32 bits per heavy atom. The molecule has 236 valence electrons. The van der Waals surface area contributed by atoms with Gasteiger partial charge >= 0.3 is 0 Å². The van der Waals surface area contributed by atoms with Crippen molar-refractivity contribution in [2.24, 2.45) is 0 Å². The van der Waals surface area contributed by atoms with Gasteiger partial charge in [0, 0.05) is 51.3 Å². The maximum atomic E-state index is 13.8. The molecule has 2 amide bonds. The first kappa shape index (κ1) is 33.4. The Morgan fingerprint density at radius 1 is 0.977 bits per heavy atom. The zero-order chi connectivity index (χ0) is 31.4. The summed E-state index contributed by atoms with van der Waals surface area (Å²) in [5.41, 5.74) is 1.70. The molecule has 1 fully saturated rings. The van der Waals surface area contributed by atoms with E-state index in [9.17, 15) is 18.0 Å². The van der Waals surface area contributed by atoms with Crippen LogP contribution < -0.4 is 10.1 Å². The van der Waals surface area contributed by atoms with Crippen LogP contribution in [-0.4, -0.2) is 88.7 Å². The van der Waals surface area contributed by atoms with E-state index >= 15 is 0 Å². The van der Waals surface area contributed by atoms with E-state index in [4.69, 9.17) is 25.8 Å². The van der Waals surface area contributed by atoms with Gasteiger partial charge in [0.15, 0.2) is 6.61 Å². The summed E-state index contributed by atoms with van der Waals surface area (Å²) in [5, 5.41) is 3.51. The summed E-state index contributed by atoms with van der Waals surface area (Å²) in [6.07, 6.45) is 0.927. The largest absolute Gasteiger partial charge is 0.484 e. The van der Waals surface area contributed by atoms with Crippen LogP contribution in [0.4, 0.5) is 0 Å². The highest BCUT2D eigenvalue weighted by atomic mass is 35.5. The van der Waals surface area contributed by atoms with Crippen molar-refractivity contribution in [1.82, 2.24) is 14.5 Å². The smallest absolute Gasteiger partial charge is 0.261 e. The first-order valence-corrected chi connectivity index (χ1v) is 16.2. The Bertz CT molecular complexity index is 1450. The van der Waals surface area contributed by atoms with E-state index in [1.165, 1.54) is 33.5 Å². The molecule has 0 saturated carbocycles. The highest BCUT2D eigenvalue weighted by Crippen LogP contribution is 2.22. The maximum Gasteiger partial charge on any atom is 0.261 e. The van der Waals surface area contributed by atoms with Gasteiger partial charge in [0.25, 0.3) is 5.91 Å². The van der Waals surface area contributed by atoms with Crippen molar-refractivity contribution in [3.8, 4) is 5.75 Å². The molecule has 3 aromatic carbocycles. The Labute approximate surface area is 263 Å². The molecule has 44 heavy (non-hydrogen) atoms. The number of morpholine rings is 1. The van der Waals surface area contributed by atoms with Crippen molar-refractivity contribution >= 4 is 33.4 Å². The second kappa shape index (κ2) is 16.6. The van der Waals surface area contributed by atoms with Gasteiger partial charge in [-0.25, -0.2) is 8.42 Å². The molecule has 1 heterocycles. The average Bonchev–Trinajstić information content (AvgIpc) is 3.05. The van der Waals surface area contributed by atoms with Crippen molar-refractivity contribution < 1.29 is 32.2 Å². The second-order valence-electron chi connectivity index (χ2n) is 10.3. The number of benzene rings is 3. The lowest BCUT2D eigenvalue weighted by molar-refractivity contribution is -0.142. The van der Waals surface area contributed by atoms with E-state index in [2.05, 4.69) is 5.32 Å². The molecule has 0 spiro atoms. The predicted molar refractivity (Wildman–Crippen MR) is 167 cm³/mol. The molecule has 1 saturated heterocycles. The monoisotopic (exact) mass is 643 g/mol. The number of nitrogens with zero attached hydrogens (tertiary/aromatic N) is 2. The molecule has 3 aromatic rings. The van der Waals surface area contributed by atoms with Crippen LogP contribution in [0.5, 0.6) is 5.75 Å². The first-order chi connectivity index (χ1) is 21.3. The lowest BCUT2D eigenvalue weighted by Crippen LogP contribution is -2.51. The zero-order valence-electron chi connectivity index (χ0n) is 24.7. The number of rotatable bonds is 15. The van der Waals surface area contributed by atoms with E-state index < -0.39 is 22.0 Å². The summed E-state index contributed by atoms with van der Waals surface area (Å²) in [4.78, 5) is 29.0. The summed E-state index contributed by atoms with van der Waals surface area (Å²) < 4.78 is 43.5. The van der Waals surface area contributed by atoms with Crippen LogP contribution in [0.15, 0.2) is 83.8 Å². The van der Waals surface area contributed by atoms with Crippen LogP contribution in [0.25, 0.3) is 0 Å². The summed E-state index contributed by atoms with van der Waals surface area (Å²) in [5.74, 6) is -0.364. The summed E-state index contributed by atoms with van der Waals surface area (Å²) in [6, 6.07) is 21.7. The highest BCUT2D eigenvalue weighted by molar-refractivity contribution is 7.89. The van der Waals surface area contributed by atoms with Crippen LogP contribution in [-0.2, 0) is 42.1 Å². The second-order valence-corrected chi connectivity index (χ2v) is 12.6. The number of hydrogen-bond donors (Lipinski definition) is 1. The van der Waals surface area contributed by atoms with Crippen LogP contribution in [0, 0.1) is 0 Å². The molecule has 0 aromatic heterocycles. The van der Waals surface area contributed by atoms with Crippen molar-refractivity contribution in [1.29, 1.82) is 0 Å². The molecule has 0 bridgehead atoms. The van der Waals surface area contributed by atoms with Gasteiger partial charge in [-0.1, -0.05) is 54.1 Å². The molecule has 1 atom stereocenters. The lowest BCUT2D eigenvalue weighted by Gasteiger charge is -2.31. The lowest BCUT2D eigenvalue weighted by atomic mass is 10.0. The van der Waals surface area contributed by atoms with Gasteiger partial charge in [0.1, 0.15) is 11.8 Å². The summed E-state index contributed by atoms with van der Waals surface area (Å²) in [6.45, 7) is 1.99. The van der Waals surface area contributed by atoms with Crippen molar-refractivity contribution in [2.75, 3.05) is 53.2 Å². The Morgan fingerprint density at radius 2 is 1.66 bits per heavy atom. The van der Waals surface area contributed by atoms with Crippen LogP contribution in [0.2, 0.25) is 5.02 Å². The molecule has 1 N–H and O–H groups in total. The fourth-order valence-electron chi connectivity index (χ4n) is 4.76. The zero-order valence-corrected chi connectivity index (χ0v) is 26.3. The maximum absolute atomic E-state index is 13.8. The van der Waals surface area contributed by atoms with E-state index in [0.717, 1.165) is 11.1 Å². The topological polar surface area (TPSA) is 114 Å². The number of hydrogen-bond acceptors (Lipinski definition) is 7. The Kier molecular flexibility index (Phi) is 12.6. The number of nitrogens with one attached hydrogen (secondary N) is 1. The average molecular weight is 644 g/mol. The van der Waals surface area contributed by atoms with E-state index in [-0.39, 0.29) is 24.0 Å². The SMILES string of the molecule is COCCCNC(=O)[C@@H](Cc1ccccc1)N(Cc1ccc(Cl)cc1)C(=O)COc1ccc(S(=O)(=O)N2CCOCC2)cc1. The quantitative estimate of drug-likeness (QED) is 0.252. The molecular formula is C32H38ClN3O7S. The number of carbonyl (C=O) groups excluding carboxylic acids is 2. The van der Waals surface area contributed by atoms with Crippen LogP contribution in [0.1, 0.15) is 17.5 Å². The fraction of sp³-hybridized carbons (Fsp3) is 0.375. The van der Waals surface area contributed by atoms with E-state index in [0.29, 0.717) is 63.1 Å². The molecule has 0 unspecified atom stereocenters. The van der Waals surface area contributed by atoms with Crippen molar-refractivity contribution in [2.45, 2.75) is 30.3 Å². The van der Waals surface area contributed by atoms with Crippen molar-refractivity contribution in [3.05, 3.63) is 95.0 Å². The molecule has 1 aliphatic heterocycles. The number of halogens is 1. The molecule has 12 heteroatoms. The summed E-state index contributed by atoms with van der Waals surface area (Å²) in [7, 11) is -2.06. The van der Waals surface area contributed by atoms with Gasteiger partial charge in [-0.05, 0) is 53.9 Å². The van der Waals surface area contributed by atoms with Gasteiger partial charge < -0.3 is 24.4 Å². The molecule has 10 nitrogen and oxygen atoms in total. The van der Waals surface area contributed by atoms with Crippen LogP contribution >= 0.6 is 11.6 Å². The van der Waals surface area contributed by atoms with E-state index in [1.54, 1.807) is 19.2 Å². The number of methoxy groups -OCH3 is 1. The predicted octanol–water partition coefficient (Wildman–Crippen LogP) is 3.53. The number of sulfonamides is 1. The van der Waals surface area contributed by atoms with Gasteiger partial charge in [0.2, 0.25) is 15.9 Å². The summed E-state index contributed by atoms with van der Waals surface area (Å²) >= 11 is 6.09. The standard InChI is InChI=1S/C32H38ClN3O7S/c1-41-19-5-16-34-32(38)30(22-25-6-3-2-4-7-25)36(23-26-8-10-27(33)11-9-26)31(37)24-43-28-12-14-29(15-13-28)44(39,40)35-17-20-42-21-18-35/h2-4,6-15,30H,5,16-24H2,1H3,(H,34,38)/t30-/m1/s1. The fourth-order valence-corrected chi connectivity index (χ4v) is 6.29. The normalized spacial score (nSPS) is 14.5. The molecular weight excluding hydrogens is 606 g/mol. The number of ether oxygens (including phenoxy) is 3. The Balaban J connectivity index is 1.52. The molecule has 0 aliphatic carbocycles. The minimum atomic E-state index is -3.66.